The molecule has 1 aliphatic rings. The molecular formula is C29H33ClN5O9P. The molecule has 4 aromatic rings. The molecule has 6 N–H and O–H groups in total. The van der Waals surface area contributed by atoms with Gasteiger partial charge in [0.1, 0.15) is 35.4 Å². The van der Waals surface area contributed by atoms with Gasteiger partial charge in [-0.15, -0.1) is 0 Å². The van der Waals surface area contributed by atoms with Crippen LogP contribution in [-0.2, 0) is 29.8 Å². The first kappa shape index (κ1) is 32.6. The Labute approximate surface area is 262 Å². The number of esters is 1. The van der Waals surface area contributed by atoms with Crippen molar-refractivity contribution in [3.8, 4) is 5.75 Å². The summed E-state index contributed by atoms with van der Waals surface area (Å²) in [5.41, 5.74) is 4.35. The molecule has 1 aliphatic heterocycles. The number of carbonyl (C=O) groups excluding carboxylic acids is 1. The van der Waals surface area contributed by atoms with Gasteiger partial charge in [-0.2, -0.15) is 10.1 Å². The minimum Gasteiger partial charge on any atom is -0.465 e. The van der Waals surface area contributed by atoms with Crippen molar-refractivity contribution in [1.82, 2.24) is 19.6 Å². The number of para-hydroxylation sites is 1. The van der Waals surface area contributed by atoms with Crippen LogP contribution in [0, 0.1) is 0 Å². The molecule has 2 aromatic heterocycles. The highest BCUT2D eigenvalue weighted by Crippen LogP contribution is 2.47. The lowest BCUT2D eigenvalue weighted by Gasteiger charge is -2.27. The number of nitrogens with one attached hydrogen (secondary N) is 2. The predicted octanol–water partition coefficient (Wildman–Crippen LogP) is 2.94. The number of hydrogen-bond acceptors (Lipinski definition) is 11. The first-order chi connectivity index (χ1) is 21.4. The Kier molecular flexibility index (Phi) is 9.65. The zero-order valence-corrected chi connectivity index (χ0v) is 26.0. The van der Waals surface area contributed by atoms with E-state index in [1.54, 1.807) is 13.1 Å². The maximum atomic E-state index is 14.4. The lowest BCUT2D eigenvalue weighted by Crippen LogP contribution is -2.46. The van der Waals surface area contributed by atoms with Gasteiger partial charge >= 0.3 is 19.4 Å². The van der Waals surface area contributed by atoms with Gasteiger partial charge in [0.2, 0.25) is 0 Å². The van der Waals surface area contributed by atoms with Gasteiger partial charge in [0, 0.05) is 34.7 Å². The Morgan fingerprint density at radius 1 is 1.27 bits per heavy atom. The Morgan fingerprint density at radius 3 is 2.71 bits per heavy atom. The van der Waals surface area contributed by atoms with Crippen molar-refractivity contribution in [3.05, 3.63) is 88.1 Å². The molecule has 240 valence electrons. The van der Waals surface area contributed by atoms with E-state index in [2.05, 4.69) is 15.1 Å². The second kappa shape index (κ2) is 13.3. The fourth-order valence-electron chi connectivity index (χ4n) is 5.01. The lowest BCUT2D eigenvalue weighted by atomic mass is 9.96. The van der Waals surface area contributed by atoms with Gasteiger partial charge in [-0.25, -0.2) is 9.36 Å². The molecule has 1 saturated heterocycles. The molecule has 0 spiro atoms. The molecule has 2 aromatic carbocycles. The largest absolute Gasteiger partial charge is 0.465 e. The number of carbonyl (C=O) groups is 1. The molecule has 16 heteroatoms. The van der Waals surface area contributed by atoms with Crippen molar-refractivity contribution in [2.24, 2.45) is 0 Å². The topological polar surface area (TPSA) is 200 Å². The van der Waals surface area contributed by atoms with Gasteiger partial charge in [-0.05, 0) is 55.8 Å². The number of aliphatic hydroxyl groups is 2. The number of nitrogen functional groups attached to an aromatic ring is 1. The number of aromatic amines is 1. The van der Waals surface area contributed by atoms with Crippen LogP contribution in [0.25, 0.3) is 10.9 Å². The summed E-state index contributed by atoms with van der Waals surface area (Å²) in [6.07, 6.45) is -1.24. The molecule has 0 bridgehead atoms. The summed E-state index contributed by atoms with van der Waals surface area (Å²) < 4.78 is 38.0. The number of fused-ring (bicyclic) bond motifs is 1. The summed E-state index contributed by atoms with van der Waals surface area (Å²) in [6.45, 7) is 2.38. The van der Waals surface area contributed by atoms with Crippen LogP contribution in [0.2, 0.25) is 5.02 Å². The summed E-state index contributed by atoms with van der Waals surface area (Å²) >= 11 is 6.01. The Balaban J connectivity index is 1.42. The van der Waals surface area contributed by atoms with E-state index < -0.39 is 56.1 Å². The number of benzene rings is 2. The molecule has 3 heterocycles. The van der Waals surface area contributed by atoms with Crippen LogP contribution in [0.15, 0.2) is 71.8 Å². The number of rotatable bonds is 12. The minimum atomic E-state index is -4.47. The quantitative estimate of drug-likeness (QED) is 0.110. The molecule has 0 amide bonds. The summed E-state index contributed by atoms with van der Waals surface area (Å²) in [5.74, 6) is -0.645. The number of anilines is 1. The highest BCUT2D eigenvalue weighted by atomic mass is 35.5. The van der Waals surface area contributed by atoms with Crippen LogP contribution < -0.4 is 21.0 Å². The van der Waals surface area contributed by atoms with Crippen molar-refractivity contribution in [1.29, 1.82) is 0 Å². The average Bonchev–Trinajstić information content (AvgIpc) is 3.50. The summed E-state index contributed by atoms with van der Waals surface area (Å²) in [6, 6.07) is 13.6. The van der Waals surface area contributed by atoms with Crippen LogP contribution in [0.1, 0.15) is 25.6 Å². The third-order valence-electron chi connectivity index (χ3n) is 7.29. The Bertz CT molecular complexity index is 1760. The zero-order valence-electron chi connectivity index (χ0n) is 24.3. The van der Waals surface area contributed by atoms with Gasteiger partial charge in [0.25, 0.3) is 0 Å². The number of H-pyrrole nitrogens is 1. The first-order valence-corrected chi connectivity index (χ1v) is 15.9. The number of nitrogens with two attached hydrogens (primary N) is 1. The standard InChI is InChI=1S/C29H33ClN5O9P/c1-3-41-26(37)22(14-17-15-32-21-7-5-4-6-20(17)21)34-45(40,44-19-10-8-18(30)9-11-19)42-16-23-25(36)29(2,39)27(43-23)35-13-12-24(31)33-28(35)38/h4-13,15,22-23,25,27,32,36,39H,3,14,16H2,1-2H3,(H,34,40)(H2,31,33,38)/t22-,23+,25+,27+,29+,45?/m0/s1. The van der Waals surface area contributed by atoms with E-state index in [0.717, 1.165) is 21.0 Å². The summed E-state index contributed by atoms with van der Waals surface area (Å²) in [4.78, 5) is 32.4. The van der Waals surface area contributed by atoms with E-state index in [1.807, 2.05) is 24.3 Å². The molecular weight excluding hydrogens is 629 g/mol. The molecule has 1 unspecified atom stereocenters. The molecule has 14 nitrogen and oxygen atoms in total. The van der Waals surface area contributed by atoms with Crippen molar-refractivity contribution in [3.63, 3.8) is 0 Å². The van der Waals surface area contributed by atoms with E-state index in [-0.39, 0.29) is 24.6 Å². The number of aromatic nitrogens is 3. The average molecular weight is 662 g/mol. The smallest absolute Gasteiger partial charge is 0.459 e. The minimum absolute atomic E-state index is 0.0375. The molecule has 0 radical (unpaired) electrons. The second-order valence-electron chi connectivity index (χ2n) is 10.6. The molecule has 6 atom stereocenters. The third-order valence-corrected chi connectivity index (χ3v) is 9.11. The van der Waals surface area contributed by atoms with Gasteiger partial charge in [0.15, 0.2) is 6.23 Å². The van der Waals surface area contributed by atoms with Gasteiger partial charge in [0.05, 0.1) is 13.2 Å². The molecule has 45 heavy (non-hydrogen) atoms. The first-order valence-electron chi connectivity index (χ1n) is 14.0. The molecule has 0 aliphatic carbocycles. The molecule has 0 saturated carbocycles. The summed E-state index contributed by atoms with van der Waals surface area (Å²) in [7, 11) is -4.47. The van der Waals surface area contributed by atoms with Crippen LogP contribution >= 0.6 is 19.3 Å². The van der Waals surface area contributed by atoms with Crippen molar-refractivity contribution in [2.75, 3.05) is 18.9 Å². The van der Waals surface area contributed by atoms with Crippen LogP contribution in [0.3, 0.4) is 0 Å². The fraction of sp³-hybridized carbons (Fsp3) is 0.345. The predicted molar refractivity (Wildman–Crippen MR) is 165 cm³/mol. The van der Waals surface area contributed by atoms with E-state index in [0.29, 0.717) is 5.02 Å². The number of halogens is 1. The van der Waals surface area contributed by atoms with Crippen molar-refractivity contribution < 1.29 is 38.1 Å². The number of nitrogens with zero attached hydrogens (tertiary/aromatic N) is 2. The summed E-state index contributed by atoms with van der Waals surface area (Å²) in [5, 5.41) is 26.0. The highest BCUT2D eigenvalue weighted by Gasteiger charge is 2.54. The van der Waals surface area contributed by atoms with Gasteiger partial charge in [-0.3, -0.25) is 13.9 Å². The van der Waals surface area contributed by atoms with Crippen LogP contribution in [-0.4, -0.2) is 67.8 Å². The van der Waals surface area contributed by atoms with Gasteiger partial charge in [-0.1, -0.05) is 29.8 Å². The van der Waals surface area contributed by atoms with Gasteiger partial charge < -0.3 is 34.9 Å². The Hall–Kier alpha value is -3.75. The number of ether oxygens (including phenoxy) is 2. The zero-order chi connectivity index (χ0) is 32.4. The SMILES string of the molecule is CCOC(=O)[C@H](Cc1c[nH]c2ccccc12)NP(=O)(OC[C@H]1O[C@@H](n2ccc(N)nc2=O)[C@](C)(O)[C@@H]1O)Oc1ccc(Cl)cc1. The maximum Gasteiger partial charge on any atom is 0.459 e. The fourth-order valence-corrected chi connectivity index (χ4v) is 6.64. The van der Waals surface area contributed by atoms with E-state index in [1.165, 1.54) is 43.5 Å². The Morgan fingerprint density at radius 2 is 2.00 bits per heavy atom. The maximum absolute atomic E-state index is 14.4. The normalized spacial score (nSPS) is 23.4. The lowest BCUT2D eigenvalue weighted by molar-refractivity contribution is -0.145. The highest BCUT2D eigenvalue weighted by molar-refractivity contribution is 7.52. The van der Waals surface area contributed by atoms with Crippen molar-refractivity contribution >= 4 is 42.0 Å². The molecule has 1 fully saturated rings. The van der Waals surface area contributed by atoms with E-state index >= 15 is 0 Å². The van der Waals surface area contributed by atoms with Crippen LogP contribution in [0.4, 0.5) is 5.82 Å². The van der Waals surface area contributed by atoms with Crippen LogP contribution in [0.5, 0.6) is 5.75 Å². The second-order valence-corrected chi connectivity index (χ2v) is 12.7. The molecule has 5 rings (SSSR count). The monoisotopic (exact) mass is 661 g/mol. The number of hydrogen-bond donors (Lipinski definition) is 5. The van der Waals surface area contributed by atoms with E-state index in [9.17, 15) is 24.4 Å². The number of aliphatic hydroxyl groups excluding tert-OH is 1. The van der Waals surface area contributed by atoms with Crippen molar-refractivity contribution in [2.45, 2.75) is 50.3 Å². The van der Waals surface area contributed by atoms with E-state index in [4.69, 9.17) is 35.9 Å². The third kappa shape index (κ3) is 7.23.